The predicted octanol–water partition coefficient (Wildman–Crippen LogP) is 1.31. The predicted molar refractivity (Wildman–Crippen MR) is 52.3 cm³/mol. The van der Waals surface area contributed by atoms with Gasteiger partial charge in [0.05, 0.1) is 5.71 Å². The van der Waals surface area contributed by atoms with Gasteiger partial charge in [-0.2, -0.15) is 5.10 Å². The van der Waals surface area contributed by atoms with E-state index in [1.807, 2.05) is 18.2 Å². The summed E-state index contributed by atoms with van der Waals surface area (Å²) < 4.78 is 0. The average molecular weight is 179 g/mol. The summed E-state index contributed by atoms with van der Waals surface area (Å²) in [7, 11) is 0. The molecule has 4 nitrogen and oxygen atoms in total. The lowest BCUT2D eigenvalue weighted by molar-refractivity contribution is 0.249. The van der Waals surface area contributed by atoms with Crippen LogP contribution >= 0.6 is 0 Å². The molecule has 4 heteroatoms. The number of hydrazone groups is 1. The van der Waals surface area contributed by atoms with E-state index >= 15 is 0 Å². The van der Waals surface area contributed by atoms with E-state index < -0.39 is 6.03 Å². The third-order valence-corrected chi connectivity index (χ3v) is 1.61. The third kappa shape index (κ3) is 4.10. The number of rotatable bonds is 1. The minimum Gasteiger partial charge on any atom is -0.350 e. The Morgan fingerprint density at radius 2 is 2.15 bits per heavy atom. The Morgan fingerprint density at radius 3 is 2.92 bits per heavy atom. The van der Waals surface area contributed by atoms with E-state index in [9.17, 15) is 4.79 Å². The number of nitrogens with one attached hydrogen (secondary N) is 1. The first-order valence-corrected chi connectivity index (χ1v) is 4.22. The van der Waals surface area contributed by atoms with Crippen molar-refractivity contribution in [1.82, 2.24) is 5.43 Å². The summed E-state index contributed by atoms with van der Waals surface area (Å²) in [6, 6.07) is -0.632. The van der Waals surface area contributed by atoms with Crippen molar-refractivity contribution in [1.29, 1.82) is 0 Å². The zero-order valence-corrected chi connectivity index (χ0v) is 7.36. The van der Waals surface area contributed by atoms with Gasteiger partial charge in [0, 0.05) is 6.42 Å². The van der Waals surface area contributed by atoms with Crippen LogP contribution in [0.15, 0.2) is 29.4 Å². The summed E-state index contributed by atoms with van der Waals surface area (Å²) in [6.45, 7) is 0. The highest BCUT2D eigenvalue weighted by molar-refractivity contribution is 5.96. The van der Waals surface area contributed by atoms with Gasteiger partial charge in [-0.25, -0.2) is 10.2 Å². The molecule has 0 atom stereocenters. The third-order valence-electron chi connectivity index (χ3n) is 1.61. The Kier molecular flexibility index (Phi) is 3.75. The van der Waals surface area contributed by atoms with Crippen LogP contribution in [0.5, 0.6) is 0 Å². The second-order valence-corrected chi connectivity index (χ2v) is 2.73. The summed E-state index contributed by atoms with van der Waals surface area (Å²) in [4.78, 5) is 10.4. The summed E-state index contributed by atoms with van der Waals surface area (Å²) in [6.07, 6.45) is 10.9. The molecule has 0 aromatic rings. The Labute approximate surface area is 77.2 Å². The molecule has 3 N–H and O–H groups in total. The van der Waals surface area contributed by atoms with Gasteiger partial charge in [0.1, 0.15) is 0 Å². The number of primary amides is 1. The molecule has 0 heterocycles. The first kappa shape index (κ1) is 9.51. The zero-order chi connectivity index (χ0) is 9.52. The van der Waals surface area contributed by atoms with Crippen molar-refractivity contribution in [3.63, 3.8) is 0 Å². The van der Waals surface area contributed by atoms with E-state index in [0.717, 1.165) is 25.0 Å². The monoisotopic (exact) mass is 179 g/mol. The van der Waals surface area contributed by atoms with Gasteiger partial charge in [-0.05, 0) is 18.9 Å². The fraction of sp³-hybridized carbons (Fsp3) is 0.333. The Morgan fingerprint density at radius 1 is 1.38 bits per heavy atom. The summed E-state index contributed by atoms with van der Waals surface area (Å²) in [5.41, 5.74) is 7.90. The van der Waals surface area contributed by atoms with Crippen LogP contribution in [0.4, 0.5) is 4.79 Å². The van der Waals surface area contributed by atoms with Crippen LogP contribution in [0.3, 0.4) is 0 Å². The Hall–Kier alpha value is -1.58. The molecule has 0 saturated heterocycles. The van der Waals surface area contributed by atoms with Gasteiger partial charge in [-0.15, -0.1) is 0 Å². The molecule has 70 valence electrons. The van der Waals surface area contributed by atoms with Gasteiger partial charge in [0.15, 0.2) is 0 Å². The number of urea groups is 1. The standard InChI is InChI=1S/C9H13N3O/c10-9(13)12-11-8-6-4-2-1-3-5-7-8/h2,4-5,7H,1,3,6H2,(H3,10,12,13)/b4-2-,7-5-,11-8+. The number of nitrogens with zero attached hydrogens (tertiary/aromatic N) is 1. The van der Waals surface area contributed by atoms with Gasteiger partial charge in [-0.3, -0.25) is 0 Å². The molecular weight excluding hydrogens is 166 g/mol. The summed E-state index contributed by atoms with van der Waals surface area (Å²) in [5.74, 6) is 0. The SMILES string of the molecule is NC(=O)N/N=C1/C=C\CC/C=C\C1. The highest BCUT2D eigenvalue weighted by Gasteiger charge is 1.95. The molecule has 1 rings (SSSR count). The minimum absolute atomic E-state index is 0.632. The average Bonchev–Trinajstić information content (AvgIpc) is 2.01. The van der Waals surface area contributed by atoms with E-state index in [4.69, 9.17) is 5.73 Å². The molecule has 1 aliphatic carbocycles. The summed E-state index contributed by atoms with van der Waals surface area (Å²) in [5, 5.41) is 3.84. The first-order valence-electron chi connectivity index (χ1n) is 4.22. The zero-order valence-electron chi connectivity index (χ0n) is 7.36. The lowest BCUT2D eigenvalue weighted by Gasteiger charge is -2.00. The van der Waals surface area contributed by atoms with Gasteiger partial charge in [0.2, 0.25) is 0 Å². The topological polar surface area (TPSA) is 67.5 Å². The smallest absolute Gasteiger partial charge is 0.332 e. The molecule has 0 fully saturated rings. The second kappa shape index (κ2) is 5.13. The molecule has 0 unspecified atom stereocenters. The molecule has 0 radical (unpaired) electrons. The van der Waals surface area contributed by atoms with Crippen molar-refractivity contribution in [2.45, 2.75) is 19.3 Å². The van der Waals surface area contributed by atoms with Crippen molar-refractivity contribution in [3.8, 4) is 0 Å². The van der Waals surface area contributed by atoms with E-state index in [1.54, 1.807) is 0 Å². The number of hydrogen-bond acceptors (Lipinski definition) is 2. The fourth-order valence-electron chi connectivity index (χ4n) is 1.01. The quantitative estimate of drug-likeness (QED) is 0.462. The second-order valence-electron chi connectivity index (χ2n) is 2.73. The van der Waals surface area contributed by atoms with Gasteiger partial charge < -0.3 is 5.73 Å². The molecule has 0 aliphatic heterocycles. The van der Waals surface area contributed by atoms with Crippen molar-refractivity contribution in [3.05, 3.63) is 24.3 Å². The maximum atomic E-state index is 10.4. The number of amides is 2. The maximum absolute atomic E-state index is 10.4. The van der Waals surface area contributed by atoms with Crippen LogP contribution in [0.1, 0.15) is 19.3 Å². The van der Waals surface area contributed by atoms with Crippen LogP contribution in [-0.2, 0) is 0 Å². The van der Waals surface area contributed by atoms with E-state index in [1.165, 1.54) is 0 Å². The largest absolute Gasteiger partial charge is 0.350 e. The maximum Gasteiger partial charge on any atom is 0.332 e. The normalized spacial score (nSPS) is 24.5. The van der Waals surface area contributed by atoms with Crippen molar-refractivity contribution in [2.75, 3.05) is 0 Å². The highest BCUT2D eigenvalue weighted by Crippen LogP contribution is 2.01. The Balaban J connectivity index is 2.55. The molecule has 2 amide bonds. The lowest BCUT2D eigenvalue weighted by atomic mass is 10.1. The molecule has 0 saturated carbocycles. The van der Waals surface area contributed by atoms with Crippen molar-refractivity contribution < 1.29 is 4.79 Å². The van der Waals surface area contributed by atoms with Crippen LogP contribution in [-0.4, -0.2) is 11.7 Å². The molecule has 1 aliphatic rings. The van der Waals surface area contributed by atoms with E-state index in [2.05, 4.69) is 16.6 Å². The number of hydrogen-bond donors (Lipinski definition) is 2. The van der Waals surface area contributed by atoms with Crippen LogP contribution < -0.4 is 11.2 Å². The lowest BCUT2D eigenvalue weighted by Crippen LogP contribution is -2.25. The number of allylic oxidation sites excluding steroid dienone is 4. The molecule has 13 heavy (non-hydrogen) atoms. The van der Waals surface area contributed by atoms with Gasteiger partial charge >= 0.3 is 6.03 Å². The van der Waals surface area contributed by atoms with Gasteiger partial charge in [-0.1, -0.05) is 18.2 Å². The van der Waals surface area contributed by atoms with Crippen LogP contribution in [0.25, 0.3) is 0 Å². The fourth-order valence-corrected chi connectivity index (χ4v) is 1.01. The molecular formula is C9H13N3O. The molecule has 0 aromatic heterocycles. The van der Waals surface area contributed by atoms with Gasteiger partial charge in [0.25, 0.3) is 0 Å². The molecule has 0 aromatic carbocycles. The number of carbonyl (C=O) groups excluding carboxylic acids is 1. The minimum atomic E-state index is -0.632. The molecule has 0 spiro atoms. The van der Waals surface area contributed by atoms with Crippen LogP contribution in [0.2, 0.25) is 0 Å². The van der Waals surface area contributed by atoms with E-state index in [0.29, 0.717) is 0 Å². The highest BCUT2D eigenvalue weighted by atomic mass is 16.2. The van der Waals surface area contributed by atoms with E-state index in [-0.39, 0.29) is 0 Å². The summed E-state index contributed by atoms with van der Waals surface area (Å²) >= 11 is 0. The number of nitrogens with two attached hydrogens (primary N) is 1. The van der Waals surface area contributed by atoms with Crippen LogP contribution in [0, 0.1) is 0 Å². The van der Waals surface area contributed by atoms with Crippen molar-refractivity contribution >= 4 is 11.7 Å². The Bertz CT molecular complexity index is 266. The van der Waals surface area contributed by atoms with Crippen molar-refractivity contribution in [2.24, 2.45) is 10.8 Å². The molecule has 0 bridgehead atoms. The number of carbonyl (C=O) groups is 1. The first-order chi connectivity index (χ1) is 6.29.